The van der Waals surface area contributed by atoms with Crippen molar-refractivity contribution in [3.05, 3.63) is 41.0 Å². The first-order valence-electron chi connectivity index (χ1n) is 8.10. The van der Waals surface area contributed by atoms with Gasteiger partial charge in [0.2, 0.25) is 0 Å². The molecule has 0 spiro atoms. The Labute approximate surface area is 145 Å². The molecule has 1 saturated heterocycles. The summed E-state index contributed by atoms with van der Waals surface area (Å²) in [6, 6.07) is 5.23. The van der Waals surface area contributed by atoms with E-state index in [1.54, 1.807) is 11.9 Å². The summed E-state index contributed by atoms with van der Waals surface area (Å²) in [7, 11) is 1.68. The SMILES string of the molecule is Cc1cc(CN2C[C@@H](F)C[C@H]2CN(C)C(=O)c2cc(C#N)c[nH]2)on1. The molecule has 25 heavy (non-hydrogen) atoms. The topological polar surface area (TPSA) is 89.2 Å². The van der Waals surface area contributed by atoms with Gasteiger partial charge in [0.05, 0.1) is 17.8 Å². The number of alkyl halides is 1. The predicted octanol–water partition coefficient (Wildman–Crippen LogP) is 1.87. The molecule has 8 heteroatoms. The van der Waals surface area contributed by atoms with Crippen molar-refractivity contribution in [3.8, 4) is 6.07 Å². The third-order valence-corrected chi connectivity index (χ3v) is 4.39. The van der Waals surface area contributed by atoms with Crippen LogP contribution in [0.25, 0.3) is 0 Å². The minimum atomic E-state index is -0.923. The van der Waals surface area contributed by atoms with E-state index in [0.29, 0.717) is 43.1 Å². The van der Waals surface area contributed by atoms with E-state index < -0.39 is 6.17 Å². The number of hydrogen-bond donors (Lipinski definition) is 1. The lowest BCUT2D eigenvalue weighted by molar-refractivity contribution is 0.0740. The minimum absolute atomic E-state index is 0.0974. The van der Waals surface area contributed by atoms with Crippen LogP contribution in [0.4, 0.5) is 4.39 Å². The summed E-state index contributed by atoms with van der Waals surface area (Å²) in [6.07, 6.45) is 0.944. The van der Waals surface area contributed by atoms with Crippen LogP contribution in [0.2, 0.25) is 0 Å². The molecule has 0 aromatic carbocycles. The summed E-state index contributed by atoms with van der Waals surface area (Å²) in [6.45, 7) is 3.01. The average molecular weight is 345 g/mol. The highest BCUT2D eigenvalue weighted by molar-refractivity contribution is 5.92. The Bertz CT molecular complexity index is 793. The number of likely N-dealkylation sites (N-methyl/N-ethyl adjacent to an activating group) is 1. The number of nitrogens with zero attached hydrogens (tertiary/aromatic N) is 4. The van der Waals surface area contributed by atoms with E-state index in [9.17, 15) is 9.18 Å². The molecule has 2 aromatic heterocycles. The molecule has 0 aliphatic carbocycles. The number of aromatic amines is 1. The number of rotatable bonds is 5. The number of nitriles is 1. The molecule has 3 heterocycles. The van der Waals surface area contributed by atoms with Crippen LogP contribution in [-0.4, -0.2) is 58.2 Å². The monoisotopic (exact) mass is 345 g/mol. The van der Waals surface area contributed by atoms with Crippen LogP contribution in [0.5, 0.6) is 0 Å². The molecule has 0 unspecified atom stereocenters. The molecule has 1 aliphatic heterocycles. The van der Waals surface area contributed by atoms with Gasteiger partial charge in [0.15, 0.2) is 5.76 Å². The normalized spacial score (nSPS) is 20.6. The lowest BCUT2D eigenvalue weighted by Crippen LogP contribution is -2.41. The van der Waals surface area contributed by atoms with Crippen LogP contribution in [0.3, 0.4) is 0 Å². The second-order valence-corrected chi connectivity index (χ2v) is 6.45. The molecule has 7 nitrogen and oxygen atoms in total. The van der Waals surface area contributed by atoms with Crippen LogP contribution < -0.4 is 0 Å². The number of carbonyl (C=O) groups is 1. The van der Waals surface area contributed by atoms with Gasteiger partial charge >= 0.3 is 0 Å². The van der Waals surface area contributed by atoms with Gasteiger partial charge < -0.3 is 14.4 Å². The van der Waals surface area contributed by atoms with Crippen molar-refractivity contribution in [1.29, 1.82) is 5.26 Å². The van der Waals surface area contributed by atoms with E-state index >= 15 is 0 Å². The molecular formula is C17H20FN5O2. The fraction of sp³-hybridized carbons (Fsp3) is 0.471. The number of halogens is 1. The Balaban J connectivity index is 1.64. The maximum atomic E-state index is 13.9. The molecule has 1 N–H and O–H groups in total. The summed E-state index contributed by atoms with van der Waals surface area (Å²) in [5.41, 5.74) is 1.55. The Morgan fingerprint density at radius 2 is 2.40 bits per heavy atom. The van der Waals surface area contributed by atoms with Crippen molar-refractivity contribution in [2.75, 3.05) is 20.1 Å². The number of H-pyrrole nitrogens is 1. The van der Waals surface area contributed by atoms with Gasteiger partial charge in [-0.15, -0.1) is 0 Å². The molecule has 1 fully saturated rings. The van der Waals surface area contributed by atoms with Crippen LogP contribution in [0.15, 0.2) is 22.9 Å². The first-order chi connectivity index (χ1) is 12.0. The van der Waals surface area contributed by atoms with Crippen molar-refractivity contribution in [2.45, 2.75) is 32.1 Å². The Kier molecular flexibility index (Phi) is 4.86. The summed E-state index contributed by atoms with van der Waals surface area (Å²) in [5.74, 6) is 0.466. The fourth-order valence-corrected chi connectivity index (χ4v) is 3.18. The Hall–Kier alpha value is -2.66. The molecule has 3 rings (SSSR count). The number of hydrogen-bond acceptors (Lipinski definition) is 5. The zero-order valence-electron chi connectivity index (χ0n) is 14.2. The Morgan fingerprint density at radius 1 is 1.60 bits per heavy atom. The number of aromatic nitrogens is 2. The average Bonchev–Trinajstić information content (AvgIpc) is 3.28. The molecule has 132 valence electrons. The highest BCUT2D eigenvalue weighted by Crippen LogP contribution is 2.24. The van der Waals surface area contributed by atoms with Gasteiger partial charge in [-0.05, 0) is 19.4 Å². The molecule has 0 bridgehead atoms. The van der Waals surface area contributed by atoms with Gasteiger partial charge in [-0.1, -0.05) is 5.16 Å². The summed E-state index contributed by atoms with van der Waals surface area (Å²) < 4.78 is 19.1. The van der Waals surface area contributed by atoms with Crippen LogP contribution in [0.1, 0.15) is 33.9 Å². The third-order valence-electron chi connectivity index (χ3n) is 4.39. The zero-order valence-corrected chi connectivity index (χ0v) is 14.2. The molecule has 0 saturated carbocycles. The van der Waals surface area contributed by atoms with Gasteiger partial charge in [0.1, 0.15) is 17.9 Å². The second kappa shape index (κ2) is 7.07. The fourth-order valence-electron chi connectivity index (χ4n) is 3.18. The van der Waals surface area contributed by atoms with Crippen molar-refractivity contribution >= 4 is 5.91 Å². The van der Waals surface area contributed by atoms with Crippen molar-refractivity contribution in [1.82, 2.24) is 19.9 Å². The highest BCUT2D eigenvalue weighted by Gasteiger charge is 2.34. The van der Waals surface area contributed by atoms with Gasteiger partial charge in [0.25, 0.3) is 5.91 Å². The molecule has 1 aliphatic rings. The lowest BCUT2D eigenvalue weighted by Gasteiger charge is -2.27. The molecule has 2 aromatic rings. The predicted molar refractivity (Wildman–Crippen MR) is 87.4 cm³/mol. The summed E-state index contributed by atoms with van der Waals surface area (Å²) >= 11 is 0. The van der Waals surface area contributed by atoms with Gasteiger partial charge in [-0.2, -0.15) is 5.26 Å². The number of carbonyl (C=O) groups excluding carboxylic acids is 1. The van der Waals surface area contributed by atoms with Gasteiger partial charge in [0, 0.05) is 38.4 Å². The molecule has 1 amide bonds. The van der Waals surface area contributed by atoms with Crippen molar-refractivity contribution in [3.63, 3.8) is 0 Å². The number of amides is 1. The van der Waals surface area contributed by atoms with Gasteiger partial charge in [-0.25, -0.2) is 4.39 Å². The van der Waals surface area contributed by atoms with E-state index in [0.717, 1.165) is 5.69 Å². The van der Waals surface area contributed by atoms with E-state index in [-0.39, 0.29) is 11.9 Å². The molecule has 2 atom stereocenters. The van der Waals surface area contributed by atoms with Crippen LogP contribution in [-0.2, 0) is 6.54 Å². The first kappa shape index (κ1) is 17.2. The van der Waals surface area contributed by atoms with Gasteiger partial charge in [-0.3, -0.25) is 9.69 Å². The number of likely N-dealkylation sites (tertiary alicyclic amines) is 1. The number of nitrogens with one attached hydrogen (secondary N) is 1. The quantitative estimate of drug-likeness (QED) is 0.893. The standard InChI is InChI=1S/C17H20FN5O2/c1-11-3-15(25-21-11)10-23-8-13(18)5-14(23)9-22(2)17(24)16-4-12(6-19)7-20-16/h3-4,7,13-14,20H,5,8-10H2,1-2H3/t13-,14-/m0/s1. The maximum absolute atomic E-state index is 13.9. The van der Waals surface area contributed by atoms with E-state index in [4.69, 9.17) is 9.78 Å². The minimum Gasteiger partial charge on any atom is -0.360 e. The van der Waals surface area contributed by atoms with Crippen molar-refractivity contribution < 1.29 is 13.7 Å². The van der Waals surface area contributed by atoms with E-state index in [2.05, 4.69) is 10.1 Å². The smallest absolute Gasteiger partial charge is 0.270 e. The molecule has 0 radical (unpaired) electrons. The largest absolute Gasteiger partial charge is 0.360 e. The Morgan fingerprint density at radius 3 is 3.04 bits per heavy atom. The highest BCUT2D eigenvalue weighted by atomic mass is 19.1. The third kappa shape index (κ3) is 3.88. The van der Waals surface area contributed by atoms with Crippen LogP contribution in [0, 0.1) is 18.3 Å². The van der Waals surface area contributed by atoms with E-state index in [1.807, 2.05) is 24.0 Å². The first-order valence-corrected chi connectivity index (χ1v) is 8.10. The van der Waals surface area contributed by atoms with Crippen molar-refractivity contribution in [2.24, 2.45) is 0 Å². The second-order valence-electron chi connectivity index (χ2n) is 6.45. The lowest BCUT2D eigenvalue weighted by atomic mass is 10.2. The van der Waals surface area contributed by atoms with Crippen LogP contribution >= 0.6 is 0 Å². The van der Waals surface area contributed by atoms with E-state index in [1.165, 1.54) is 12.3 Å². The summed E-state index contributed by atoms with van der Waals surface area (Å²) in [5, 5.41) is 12.7. The summed E-state index contributed by atoms with van der Waals surface area (Å²) in [4.78, 5) is 18.8. The zero-order chi connectivity index (χ0) is 18.0. The maximum Gasteiger partial charge on any atom is 0.270 e. The molecular weight excluding hydrogens is 325 g/mol. The number of aryl methyl sites for hydroxylation is 1.